The Morgan fingerprint density at radius 2 is 1.56 bits per heavy atom. The maximum Gasteiger partial charge on any atom is 0.414 e. The Balaban J connectivity index is 0.000000852. The van der Waals surface area contributed by atoms with Gasteiger partial charge in [-0.15, -0.1) is 0 Å². The summed E-state index contributed by atoms with van der Waals surface area (Å²) in [4.78, 5) is 30.3. The number of halogens is 1. The van der Waals surface area contributed by atoms with Crippen molar-refractivity contribution in [3.05, 3.63) is 53.6 Å². The second kappa shape index (κ2) is 12.4. The van der Waals surface area contributed by atoms with Crippen LogP contribution in [0.15, 0.2) is 53.4 Å². The fourth-order valence-electron chi connectivity index (χ4n) is 2.53. The third-order valence-electron chi connectivity index (χ3n) is 4.08. The Labute approximate surface area is 203 Å². The van der Waals surface area contributed by atoms with E-state index >= 15 is 0 Å². The highest BCUT2D eigenvalue weighted by Gasteiger charge is 2.26. The van der Waals surface area contributed by atoms with Crippen LogP contribution in [0.1, 0.15) is 27.7 Å². The highest BCUT2D eigenvalue weighted by atomic mass is 35.5. The maximum atomic E-state index is 13.2. The van der Waals surface area contributed by atoms with Crippen molar-refractivity contribution >= 4 is 50.8 Å². The van der Waals surface area contributed by atoms with Gasteiger partial charge in [-0.25, -0.2) is 18.0 Å². The lowest BCUT2D eigenvalue weighted by molar-refractivity contribution is -0.159. The number of sulfonamides is 1. The summed E-state index contributed by atoms with van der Waals surface area (Å²) in [5.41, 5.74) is 0.709. The van der Waals surface area contributed by atoms with Crippen molar-refractivity contribution in [1.29, 1.82) is 0 Å². The summed E-state index contributed by atoms with van der Waals surface area (Å²) in [6.45, 7) is 7.97. The number of anilines is 2. The van der Waals surface area contributed by atoms with Gasteiger partial charge in [-0.1, -0.05) is 29.8 Å². The molecule has 0 heterocycles. The molecule has 0 aliphatic heterocycles. The lowest BCUT2D eigenvalue weighted by atomic mass is 10.1. The average Bonchev–Trinajstić information content (AvgIpc) is 2.74. The number of nitrogens with zero attached hydrogens (tertiary/aromatic N) is 1. The number of nitrogens with one attached hydrogen (secondary N) is 2. The fraction of sp³-hybridized carbons (Fsp3) is 0.318. The maximum absolute atomic E-state index is 13.2. The van der Waals surface area contributed by atoms with Crippen molar-refractivity contribution in [2.24, 2.45) is 0 Å². The molecule has 0 aromatic heterocycles. The molecule has 0 fully saturated rings. The fourth-order valence-corrected chi connectivity index (χ4v) is 4.51. The smallest absolute Gasteiger partial charge is 0.414 e. The second-order valence-electron chi connectivity index (χ2n) is 7.91. The molecule has 0 aliphatic carbocycles. The van der Waals surface area contributed by atoms with Crippen LogP contribution in [0, 0.1) is 0 Å². The molecule has 0 bridgehead atoms. The number of hydrogen-bond donors (Lipinski definition) is 4. The van der Waals surface area contributed by atoms with Crippen molar-refractivity contribution < 1.29 is 33.0 Å². The average molecular weight is 514 g/mol. The van der Waals surface area contributed by atoms with Crippen molar-refractivity contribution in [2.75, 3.05) is 22.7 Å². The van der Waals surface area contributed by atoms with Gasteiger partial charge in [0.25, 0.3) is 10.0 Å². The molecule has 2 aromatic carbocycles. The van der Waals surface area contributed by atoms with Crippen LogP contribution in [0.25, 0.3) is 0 Å². The van der Waals surface area contributed by atoms with Gasteiger partial charge in [0.05, 0.1) is 17.3 Å². The lowest BCUT2D eigenvalue weighted by Gasteiger charge is -2.24. The van der Waals surface area contributed by atoms with Crippen LogP contribution >= 0.6 is 11.6 Å². The van der Waals surface area contributed by atoms with E-state index in [-0.39, 0.29) is 34.5 Å². The van der Waals surface area contributed by atoms with E-state index in [4.69, 9.17) is 31.4 Å². The van der Waals surface area contributed by atoms with E-state index in [0.29, 0.717) is 11.4 Å². The molecule has 0 spiro atoms. The Kier molecular flexibility index (Phi) is 10.5. The highest BCUT2D eigenvalue weighted by Crippen LogP contribution is 2.30. The molecule has 2 rings (SSSR count). The van der Waals surface area contributed by atoms with E-state index in [1.807, 2.05) is 26.8 Å². The van der Waals surface area contributed by atoms with Crippen molar-refractivity contribution in [1.82, 2.24) is 5.32 Å². The summed E-state index contributed by atoms with van der Waals surface area (Å²) < 4.78 is 27.7. The monoisotopic (exact) mass is 513 g/mol. The first kappa shape index (κ1) is 28.9. The predicted octanol–water partition coefficient (Wildman–Crippen LogP) is 3.04. The van der Waals surface area contributed by atoms with Crippen molar-refractivity contribution in [3.8, 4) is 0 Å². The number of aliphatic carboxylic acids is 2. The topological polar surface area (TPSA) is 153 Å². The molecule has 1 amide bonds. The van der Waals surface area contributed by atoms with Crippen LogP contribution in [0.3, 0.4) is 0 Å². The molecule has 0 saturated carbocycles. The predicted molar refractivity (Wildman–Crippen MR) is 130 cm³/mol. The largest absolute Gasteiger partial charge is 0.473 e. The van der Waals surface area contributed by atoms with Gasteiger partial charge < -0.3 is 20.8 Å². The van der Waals surface area contributed by atoms with Gasteiger partial charge in [0.1, 0.15) is 4.90 Å². The van der Waals surface area contributed by atoms with E-state index in [2.05, 4.69) is 10.6 Å². The van der Waals surface area contributed by atoms with E-state index in [0.717, 1.165) is 0 Å². The molecule has 12 heteroatoms. The zero-order valence-electron chi connectivity index (χ0n) is 19.2. The second-order valence-corrected chi connectivity index (χ2v) is 10.2. The summed E-state index contributed by atoms with van der Waals surface area (Å²) in [7, 11) is -3.89. The lowest BCUT2D eigenvalue weighted by Crippen LogP contribution is -2.41. The zero-order valence-corrected chi connectivity index (χ0v) is 20.8. The third-order valence-corrected chi connectivity index (χ3v) is 6.46. The molecule has 2 aromatic rings. The first-order chi connectivity index (χ1) is 15.7. The van der Waals surface area contributed by atoms with Gasteiger partial charge in [-0.2, -0.15) is 0 Å². The van der Waals surface area contributed by atoms with E-state index in [1.165, 1.54) is 16.4 Å². The highest BCUT2D eigenvalue weighted by molar-refractivity contribution is 7.93. The minimum absolute atomic E-state index is 0.0542. The van der Waals surface area contributed by atoms with E-state index in [1.54, 1.807) is 37.3 Å². The number of para-hydroxylation sites is 1. The molecule has 186 valence electrons. The minimum Gasteiger partial charge on any atom is -0.473 e. The van der Waals surface area contributed by atoms with Gasteiger partial charge in [0, 0.05) is 17.8 Å². The Morgan fingerprint density at radius 3 is 2.03 bits per heavy atom. The summed E-state index contributed by atoms with van der Waals surface area (Å²) in [6, 6.07) is 13.2. The first-order valence-corrected chi connectivity index (χ1v) is 11.9. The van der Waals surface area contributed by atoms with E-state index < -0.39 is 22.0 Å². The standard InChI is InChI=1S/C20H26ClN3O3S.C2H2O4/c1-5-24(16-9-7-6-8-10-16)28(26,27)18-13-15(11-12-17(18)21)23-19(25)14-22-20(2,3)4;3-1(4)2(5)6/h6-13,22H,5,14H2,1-4H3,(H,23,25);(H,3,4)(H,5,6). The summed E-state index contributed by atoms with van der Waals surface area (Å²) in [6.07, 6.45) is 0. The van der Waals surface area contributed by atoms with Gasteiger partial charge >= 0.3 is 11.9 Å². The number of carbonyl (C=O) groups is 3. The zero-order chi connectivity index (χ0) is 26.1. The molecule has 10 nitrogen and oxygen atoms in total. The molecule has 0 saturated heterocycles. The molecule has 34 heavy (non-hydrogen) atoms. The van der Waals surface area contributed by atoms with Crippen LogP contribution in [0.2, 0.25) is 5.02 Å². The number of hydrogen-bond acceptors (Lipinski definition) is 6. The molecular weight excluding hydrogens is 486 g/mol. The molecule has 0 radical (unpaired) electrons. The Bertz CT molecular complexity index is 1110. The summed E-state index contributed by atoms with van der Waals surface area (Å²) in [5.74, 6) is -3.92. The van der Waals surface area contributed by atoms with Crippen LogP contribution in [-0.4, -0.2) is 55.1 Å². The summed E-state index contributed by atoms with van der Waals surface area (Å²) in [5, 5.41) is 20.7. The quantitative estimate of drug-likeness (QED) is 0.412. The first-order valence-electron chi connectivity index (χ1n) is 10.1. The van der Waals surface area contributed by atoms with Gasteiger partial charge in [-0.3, -0.25) is 9.10 Å². The number of carboxylic acids is 2. The van der Waals surface area contributed by atoms with Crippen LogP contribution < -0.4 is 14.9 Å². The summed E-state index contributed by atoms with van der Waals surface area (Å²) >= 11 is 6.20. The van der Waals surface area contributed by atoms with Crippen LogP contribution in [0.4, 0.5) is 11.4 Å². The van der Waals surface area contributed by atoms with Crippen molar-refractivity contribution in [2.45, 2.75) is 38.1 Å². The van der Waals surface area contributed by atoms with Crippen LogP contribution in [0.5, 0.6) is 0 Å². The number of carbonyl (C=O) groups excluding carboxylic acids is 1. The normalized spacial score (nSPS) is 11.1. The van der Waals surface area contributed by atoms with E-state index in [9.17, 15) is 13.2 Å². The minimum atomic E-state index is -3.89. The number of carboxylic acid groups (broad SMARTS) is 2. The molecule has 0 unspecified atom stereocenters. The number of amides is 1. The van der Waals surface area contributed by atoms with Crippen molar-refractivity contribution in [3.63, 3.8) is 0 Å². The molecule has 0 aliphatic rings. The molecule has 4 N–H and O–H groups in total. The van der Waals surface area contributed by atoms with Gasteiger partial charge in [0.2, 0.25) is 5.91 Å². The number of rotatable bonds is 7. The SMILES string of the molecule is CCN(c1ccccc1)S(=O)(=O)c1cc(NC(=O)CNC(C)(C)C)ccc1Cl.O=C(O)C(=O)O. The molecule has 0 atom stereocenters. The third kappa shape index (κ3) is 9.00. The van der Waals surface area contributed by atoms with Gasteiger partial charge in [0.15, 0.2) is 0 Å². The Morgan fingerprint density at radius 1 is 1.00 bits per heavy atom. The Hall–Kier alpha value is -3.15. The number of benzene rings is 2. The van der Waals surface area contributed by atoms with Crippen LogP contribution in [-0.2, 0) is 24.4 Å². The molecular formula is C22H28ClN3O7S. The van der Waals surface area contributed by atoms with Gasteiger partial charge in [-0.05, 0) is 58.0 Å².